The van der Waals surface area contributed by atoms with Crippen molar-refractivity contribution in [2.75, 3.05) is 13.7 Å². The van der Waals surface area contributed by atoms with E-state index in [9.17, 15) is 9.59 Å². The van der Waals surface area contributed by atoms with Gasteiger partial charge in [-0.05, 0) is 53.9 Å². The molecule has 0 amide bonds. The lowest BCUT2D eigenvalue weighted by Gasteiger charge is -2.38. The Labute approximate surface area is 161 Å². The first-order chi connectivity index (χ1) is 12.5. The molecule has 0 radical (unpaired) electrons. The van der Waals surface area contributed by atoms with Crippen LogP contribution in [0.1, 0.15) is 38.2 Å². The summed E-state index contributed by atoms with van der Waals surface area (Å²) in [6.45, 7) is 3.92. The average Bonchev–Trinajstić information content (AvgIpc) is 2.60. The van der Waals surface area contributed by atoms with Gasteiger partial charge >= 0.3 is 5.97 Å². The van der Waals surface area contributed by atoms with Crippen molar-refractivity contribution in [3.8, 4) is 5.75 Å². The number of halogens is 1. The van der Waals surface area contributed by atoms with E-state index in [1.54, 1.807) is 14.0 Å². The van der Waals surface area contributed by atoms with E-state index < -0.39 is 5.92 Å². The van der Waals surface area contributed by atoms with Crippen LogP contribution in [0.4, 0.5) is 0 Å². The third kappa shape index (κ3) is 3.30. The van der Waals surface area contributed by atoms with Crippen molar-refractivity contribution in [3.63, 3.8) is 0 Å². The van der Waals surface area contributed by atoms with Crippen LogP contribution in [0.25, 0.3) is 0 Å². The Morgan fingerprint density at radius 3 is 2.77 bits per heavy atom. The Morgan fingerprint density at radius 2 is 2.12 bits per heavy atom. The van der Waals surface area contributed by atoms with Crippen molar-refractivity contribution in [2.45, 2.75) is 32.6 Å². The van der Waals surface area contributed by atoms with Crippen molar-refractivity contribution < 1.29 is 19.1 Å². The number of ether oxygens (including phenoxy) is 2. The zero-order chi connectivity index (χ0) is 18.8. The molecule has 5 nitrogen and oxygen atoms in total. The number of nitrogens with one attached hydrogen (secondary N) is 1. The highest BCUT2D eigenvalue weighted by Gasteiger charge is 2.43. The molecule has 0 saturated carbocycles. The molecular weight excluding hydrogens is 398 g/mol. The maximum absolute atomic E-state index is 12.8. The van der Waals surface area contributed by atoms with Crippen molar-refractivity contribution in [3.05, 3.63) is 51.3 Å². The summed E-state index contributed by atoms with van der Waals surface area (Å²) in [5, 5.41) is 3.26. The molecule has 0 fully saturated rings. The van der Waals surface area contributed by atoms with Crippen LogP contribution in [0.15, 0.2) is 45.7 Å². The van der Waals surface area contributed by atoms with Gasteiger partial charge in [0.2, 0.25) is 0 Å². The van der Waals surface area contributed by atoms with Crippen molar-refractivity contribution in [2.24, 2.45) is 5.92 Å². The highest BCUT2D eigenvalue weighted by atomic mass is 79.9. The van der Waals surface area contributed by atoms with Crippen LogP contribution in [0.3, 0.4) is 0 Å². The fourth-order valence-electron chi connectivity index (χ4n) is 3.73. The maximum atomic E-state index is 12.8. The molecule has 138 valence electrons. The van der Waals surface area contributed by atoms with Gasteiger partial charge in [0.15, 0.2) is 0 Å². The summed E-state index contributed by atoms with van der Waals surface area (Å²) in [5.74, 6) is -0.316. The summed E-state index contributed by atoms with van der Waals surface area (Å²) >= 11 is 3.51. The molecule has 26 heavy (non-hydrogen) atoms. The van der Waals surface area contributed by atoms with E-state index in [0.29, 0.717) is 17.7 Å². The van der Waals surface area contributed by atoms with Crippen molar-refractivity contribution >= 4 is 27.7 Å². The molecule has 1 aliphatic heterocycles. The molecule has 2 aliphatic rings. The first-order valence-electron chi connectivity index (χ1n) is 8.69. The summed E-state index contributed by atoms with van der Waals surface area (Å²) in [5.41, 5.74) is 3.01. The summed E-state index contributed by atoms with van der Waals surface area (Å²) in [7, 11) is 1.60. The highest BCUT2D eigenvalue weighted by Crippen LogP contribution is 2.45. The van der Waals surface area contributed by atoms with E-state index >= 15 is 0 Å². The minimum atomic E-state index is -0.396. The molecule has 1 heterocycles. The van der Waals surface area contributed by atoms with Gasteiger partial charge in [-0.25, -0.2) is 4.79 Å². The topological polar surface area (TPSA) is 64.6 Å². The Hall–Kier alpha value is -2.08. The van der Waals surface area contributed by atoms with Crippen molar-refractivity contribution in [1.82, 2.24) is 5.32 Å². The van der Waals surface area contributed by atoms with Gasteiger partial charge in [-0.1, -0.05) is 12.1 Å². The first-order valence-corrected chi connectivity index (χ1v) is 9.48. The molecular formula is C20H22BrNO4. The molecule has 1 aromatic rings. The minimum Gasteiger partial charge on any atom is -0.496 e. The molecule has 3 rings (SSSR count). The summed E-state index contributed by atoms with van der Waals surface area (Å²) < 4.78 is 11.4. The van der Waals surface area contributed by atoms with Crippen molar-refractivity contribution in [1.29, 1.82) is 0 Å². The second-order valence-electron chi connectivity index (χ2n) is 6.40. The van der Waals surface area contributed by atoms with Crippen LogP contribution in [0, 0.1) is 5.92 Å². The molecule has 1 aromatic carbocycles. The van der Waals surface area contributed by atoms with Crippen LogP contribution < -0.4 is 10.1 Å². The van der Waals surface area contributed by atoms with Crippen LogP contribution in [-0.4, -0.2) is 25.5 Å². The lowest BCUT2D eigenvalue weighted by molar-refractivity contribution is -0.139. The van der Waals surface area contributed by atoms with E-state index in [4.69, 9.17) is 9.47 Å². The molecule has 1 aliphatic carbocycles. The third-order valence-corrected chi connectivity index (χ3v) is 5.47. The Balaban J connectivity index is 2.16. The predicted octanol–water partition coefficient (Wildman–Crippen LogP) is 3.84. The third-order valence-electron chi connectivity index (χ3n) is 4.85. The Kier molecular flexibility index (Phi) is 5.51. The van der Waals surface area contributed by atoms with E-state index in [2.05, 4.69) is 27.3 Å². The van der Waals surface area contributed by atoms with Gasteiger partial charge in [-0.15, -0.1) is 0 Å². The van der Waals surface area contributed by atoms with Gasteiger partial charge < -0.3 is 14.8 Å². The molecule has 0 spiro atoms. The first kappa shape index (κ1) is 18.7. The highest BCUT2D eigenvalue weighted by molar-refractivity contribution is 9.10. The lowest BCUT2D eigenvalue weighted by atomic mass is 9.71. The van der Waals surface area contributed by atoms with E-state index in [0.717, 1.165) is 27.9 Å². The second kappa shape index (κ2) is 7.66. The Bertz CT molecular complexity index is 812. The number of fused-ring (bicyclic) bond motifs is 1. The number of ketones is 1. The normalized spacial score (nSPS) is 22.3. The van der Waals surface area contributed by atoms with Gasteiger partial charge in [-0.2, -0.15) is 0 Å². The number of methoxy groups -OCH3 is 1. The predicted molar refractivity (Wildman–Crippen MR) is 102 cm³/mol. The summed E-state index contributed by atoms with van der Waals surface area (Å²) in [6.07, 6.45) is 3.26. The fraction of sp³-hybridized carbons (Fsp3) is 0.400. The van der Waals surface area contributed by atoms with Gasteiger partial charge in [0.1, 0.15) is 11.5 Å². The van der Waals surface area contributed by atoms with E-state index in [1.165, 1.54) is 0 Å². The molecule has 1 N–H and O–H groups in total. The molecule has 2 atom stereocenters. The maximum Gasteiger partial charge on any atom is 0.336 e. The van der Waals surface area contributed by atoms with E-state index in [1.807, 2.05) is 25.1 Å². The number of benzene rings is 1. The van der Waals surface area contributed by atoms with Gasteiger partial charge in [0.05, 0.1) is 29.7 Å². The van der Waals surface area contributed by atoms with Gasteiger partial charge in [0.25, 0.3) is 0 Å². The number of hydrogen-bond donors (Lipinski definition) is 1. The van der Waals surface area contributed by atoms with Crippen LogP contribution in [0.5, 0.6) is 5.75 Å². The number of allylic oxidation sites excluding steroid dienone is 3. The lowest BCUT2D eigenvalue weighted by Crippen LogP contribution is -2.40. The fourth-order valence-corrected chi connectivity index (χ4v) is 4.29. The van der Waals surface area contributed by atoms with E-state index in [-0.39, 0.29) is 24.3 Å². The smallest absolute Gasteiger partial charge is 0.336 e. The molecule has 0 aromatic heterocycles. The number of carbonyl (C=O) groups is 2. The number of Topliss-reactive ketones (excluding diaryl/α,β-unsaturated/α-hetero) is 1. The van der Waals surface area contributed by atoms with Crippen LogP contribution >= 0.6 is 15.9 Å². The zero-order valence-electron chi connectivity index (χ0n) is 15.1. The molecule has 0 saturated heterocycles. The molecule has 0 bridgehead atoms. The molecule has 6 heteroatoms. The summed E-state index contributed by atoms with van der Waals surface area (Å²) in [4.78, 5) is 25.5. The number of hydrogen-bond acceptors (Lipinski definition) is 5. The quantitative estimate of drug-likeness (QED) is 0.750. The number of esters is 1. The van der Waals surface area contributed by atoms with Crippen LogP contribution in [0.2, 0.25) is 0 Å². The molecule has 2 unspecified atom stereocenters. The van der Waals surface area contributed by atoms with Crippen LogP contribution in [-0.2, 0) is 14.3 Å². The standard InChI is InChI=1S/C20H22BrNO4/c1-4-26-20(24)17-11(2)22-14-6-5-7-15(23)19(14)18(17)12-8-9-16(25-3)13(21)10-12/h6,8-10,18-19,22H,4-5,7H2,1-3H3. The summed E-state index contributed by atoms with van der Waals surface area (Å²) in [6, 6.07) is 5.67. The van der Waals surface area contributed by atoms with Gasteiger partial charge in [-0.3, -0.25) is 4.79 Å². The Morgan fingerprint density at radius 1 is 1.35 bits per heavy atom. The number of carbonyl (C=O) groups excluding carboxylic acids is 2. The average molecular weight is 420 g/mol. The zero-order valence-corrected chi connectivity index (χ0v) is 16.7. The minimum absolute atomic E-state index is 0.140. The monoisotopic (exact) mass is 419 g/mol. The largest absolute Gasteiger partial charge is 0.496 e. The second-order valence-corrected chi connectivity index (χ2v) is 7.25. The van der Waals surface area contributed by atoms with Gasteiger partial charge in [0, 0.05) is 23.7 Å². The SMILES string of the molecule is CCOC(=O)C1=C(C)NC2=CCCC(=O)C2C1c1ccc(OC)c(Br)c1. The number of rotatable bonds is 4.